The Morgan fingerprint density at radius 3 is 2.63 bits per heavy atom. The Balaban J connectivity index is 2.61. The van der Waals surface area contributed by atoms with Gasteiger partial charge in [-0.05, 0) is 40.8 Å². The highest BCUT2D eigenvalue weighted by atomic mass is 19.3. The van der Waals surface area contributed by atoms with Crippen LogP contribution >= 0.6 is 0 Å². The Hall–Kier alpha value is -0.910. The molecule has 1 N–H and O–H groups in total. The van der Waals surface area contributed by atoms with Gasteiger partial charge in [-0.2, -0.15) is 0 Å². The first-order chi connectivity index (χ1) is 8.65. The number of rotatable bonds is 3. The van der Waals surface area contributed by atoms with Crippen LogP contribution in [0, 0.1) is 5.92 Å². The van der Waals surface area contributed by atoms with E-state index in [1.807, 2.05) is 0 Å². The van der Waals surface area contributed by atoms with E-state index in [4.69, 9.17) is 4.74 Å². The van der Waals surface area contributed by atoms with Gasteiger partial charge in [0, 0.05) is 25.4 Å². The lowest BCUT2D eigenvalue weighted by molar-refractivity contribution is -0.107. The van der Waals surface area contributed by atoms with Gasteiger partial charge in [0.15, 0.2) is 0 Å². The smallest absolute Gasteiger partial charge is 0.410 e. The quantitative estimate of drug-likeness (QED) is 0.862. The van der Waals surface area contributed by atoms with Crippen LogP contribution in [-0.2, 0) is 4.74 Å². The first-order valence-corrected chi connectivity index (χ1v) is 6.66. The number of hydrogen-bond acceptors (Lipinski definition) is 3. The highest BCUT2D eigenvalue weighted by molar-refractivity contribution is 5.68. The van der Waals surface area contributed by atoms with Crippen LogP contribution in [0.3, 0.4) is 0 Å². The summed E-state index contributed by atoms with van der Waals surface area (Å²) < 4.78 is 32.7. The minimum atomic E-state index is -2.70. The molecule has 1 saturated heterocycles. The van der Waals surface area contributed by atoms with E-state index in [9.17, 15) is 13.6 Å². The molecule has 1 atom stereocenters. The third kappa shape index (κ3) is 4.93. The molecule has 6 heteroatoms. The molecule has 0 aromatic rings. The molecule has 1 unspecified atom stereocenters. The number of piperidine rings is 1. The predicted octanol–water partition coefficient (Wildman–Crippen LogP) is 2.49. The summed E-state index contributed by atoms with van der Waals surface area (Å²) in [5, 5.41) is 2.87. The molecule has 1 amide bonds. The van der Waals surface area contributed by atoms with Crippen molar-refractivity contribution in [3.05, 3.63) is 0 Å². The van der Waals surface area contributed by atoms with E-state index in [1.54, 1.807) is 27.8 Å². The highest BCUT2D eigenvalue weighted by Crippen LogP contribution is 2.35. The number of alkyl halides is 2. The Morgan fingerprint density at radius 1 is 1.47 bits per heavy atom. The fourth-order valence-corrected chi connectivity index (χ4v) is 2.09. The predicted molar refractivity (Wildman–Crippen MR) is 69.4 cm³/mol. The zero-order valence-corrected chi connectivity index (χ0v) is 12.1. The van der Waals surface area contributed by atoms with Gasteiger partial charge in [-0.1, -0.05) is 0 Å². The van der Waals surface area contributed by atoms with Crippen LogP contribution in [0.5, 0.6) is 0 Å². The van der Waals surface area contributed by atoms with Crippen LogP contribution in [-0.4, -0.2) is 49.2 Å². The third-order valence-corrected chi connectivity index (χ3v) is 3.15. The first kappa shape index (κ1) is 16.1. The molecular formula is C13H24F2N2O2. The van der Waals surface area contributed by atoms with Crippen molar-refractivity contribution < 1.29 is 18.3 Å². The van der Waals surface area contributed by atoms with Gasteiger partial charge < -0.3 is 15.0 Å². The molecule has 0 radical (unpaired) electrons. The topological polar surface area (TPSA) is 41.6 Å². The van der Waals surface area contributed by atoms with Crippen molar-refractivity contribution in [1.29, 1.82) is 0 Å². The second-order valence-electron chi connectivity index (χ2n) is 6.03. The third-order valence-electron chi connectivity index (χ3n) is 3.15. The number of halogens is 2. The van der Waals surface area contributed by atoms with E-state index >= 15 is 0 Å². The number of amides is 1. The molecule has 4 nitrogen and oxygen atoms in total. The van der Waals surface area contributed by atoms with Gasteiger partial charge in [0.25, 0.3) is 5.92 Å². The number of likely N-dealkylation sites (tertiary alicyclic amines) is 1. The van der Waals surface area contributed by atoms with Gasteiger partial charge >= 0.3 is 6.09 Å². The Kier molecular flexibility index (Phi) is 5.12. The van der Waals surface area contributed by atoms with E-state index < -0.39 is 23.5 Å². The minimum absolute atomic E-state index is 0.0535. The zero-order chi connectivity index (χ0) is 14.7. The molecule has 0 aromatic carbocycles. The molecule has 1 fully saturated rings. The monoisotopic (exact) mass is 278 g/mol. The maximum absolute atomic E-state index is 13.8. The summed E-state index contributed by atoms with van der Waals surface area (Å²) in [6.07, 6.45) is -0.443. The van der Waals surface area contributed by atoms with Crippen LogP contribution in [0.15, 0.2) is 0 Å². The molecule has 0 aromatic heterocycles. The van der Waals surface area contributed by atoms with E-state index in [0.717, 1.165) is 0 Å². The summed E-state index contributed by atoms with van der Waals surface area (Å²) in [6.45, 7) is 5.93. The largest absolute Gasteiger partial charge is 0.444 e. The van der Waals surface area contributed by atoms with Crippen LogP contribution in [0.1, 0.15) is 33.6 Å². The number of nitrogens with one attached hydrogen (secondary N) is 1. The summed E-state index contributed by atoms with van der Waals surface area (Å²) in [4.78, 5) is 13.3. The molecule has 0 spiro atoms. The van der Waals surface area contributed by atoms with Gasteiger partial charge in [-0.15, -0.1) is 0 Å². The molecule has 1 aliphatic rings. The average Bonchev–Trinajstić information content (AvgIpc) is 2.24. The highest BCUT2D eigenvalue weighted by Gasteiger charge is 2.45. The lowest BCUT2D eigenvalue weighted by Gasteiger charge is -2.38. The fourth-order valence-electron chi connectivity index (χ4n) is 2.09. The van der Waals surface area contributed by atoms with Crippen LogP contribution < -0.4 is 5.32 Å². The second-order valence-corrected chi connectivity index (χ2v) is 6.03. The molecule has 1 rings (SSSR count). The van der Waals surface area contributed by atoms with Crippen molar-refractivity contribution in [3.63, 3.8) is 0 Å². The van der Waals surface area contributed by atoms with Gasteiger partial charge in [0.1, 0.15) is 5.60 Å². The molecule has 19 heavy (non-hydrogen) atoms. The molecule has 1 aliphatic heterocycles. The number of hydrogen-bond donors (Lipinski definition) is 1. The summed E-state index contributed by atoms with van der Waals surface area (Å²) in [6, 6.07) is 0. The first-order valence-electron chi connectivity index (χ1n) is 6.66. The van der Waals surface area contributed by atoms with Gasteiger partial charge in [0.05, 0.1) is 0 Å². The summed E-state index contributed by atoms with van der Waals surface area (Å²) in [7, 11) is 1.73. The molecule has 0 aliphatic carbocycles. The van der Waals surface area contributed by atoms with Crippen LogP contribution in [0.25, 0.3) is 0 Å². The molecule has 0 bridgehead atoms. The number of nitrogens with zero attached hydrogens (tertiary/aromatic N) is 1. The molecule has 0 saturated carbocycles. The lowest BCUT2D eigenvalue weighted by Crippen LogP contribution is -2.51. The number of ether oxygens (including phenoxy) is 1. The Morgan fingerprint density at radius 2 is 2.11 bits per heavy atom. The van der Waals surface area contributed by atoms with Crippen molar-refractivity contribution in [3.8, 4) is 0 Å². The SMILES string of the molecule is CNCCC1CN(C(=O)OC(C)(C)C)CCC1(F)F. The summed E-state index contributed by atoms with van der Waals surface area (Å²) in [5.74, 6) is -3.50. The average molecular weight is 278 g/mol. The maximum Gasteiger partial charge on any atom is 0.410 e. The van der Waals surface area contributed by atoms with E-state index in [-0.39, 0.29) is 19.5 Å². The van der Waals surface area contributed by atoms with Crippen molar-refractivity contribution >= 4 is 6.09 Å². The van der Waals surface area contributed by atoms with Crippen molar-refractivity contribution in [2.24, 2.45) is 5.92 Å². The standard InChI is InChI=1S/C13H24F2N2O2/c1-12(2,3)19-11(18)17-8-6-13(14,15)10(9-17)5-7-16-4/h10,16H,5-9H2,1-4H3. The molecular weight excluding hydrogens is 254 g/mol. The van der Waals surface area contributed by atoms with Gasteiger partial charge in [-0.3, -0.25) is 0 Å². The molecule has 1 heterocycles. The van der Waals surface area contributed by atoms with Crippen molar-refractivity contribution in [2.75, 3.05) is 26.7 Å². The second kappa shape index (κ2) is 6.03. The van der Waals surface area contributed by atoms with Crippen LogP contribution in [0.2, 0.25) is 0 Å². The number of carbonyl (C=O) groups is 1. The summed E-state index contributed by atoms with van der Waals surface area (Å²) in [5.41, 5.74) is -0.600. The van der Waals surface area contributed by atoms with Gasteiger partial charge in [-0.25, -0.2) is 13.6 Å². The Bertz CT molecular complexity index is 316. The number of carbonyl (C=O) groups excluding carboxylic acids is 1. The normalized spacial score (nSPS) is 23.3. The minimum Gasteiger partial charge on any atom is -0.444 e. The van der Waals surface area contributed by atoms with Gasteiger partial charge in [0.2, 0.25) is 0 Å². The van der Waals surface area contributed by atoms with Crippen LogP contribution in [0.4, 0.5) is 13.6 Å². The molecule has 112 valence electrons. The van der Waals surface area contributed by atoms with E-state index in [2.05, 4.69) is 5.32 Å². The van der Waals surface area contributed by atoms with E-state index in [1.165, 1.54) is 4.90 Å². The van der Waals surface area contributed by atoms with E-state index in [0.29, 0.717) is 13.0 Å². The fraction of sp³-hybridized carbons (Fsp3) is 0.923. The maximum atomic E-state index is 13.8. The van der Waals surface area contributed by atoms with Crippen molar-refractivity contribution in [1.82, 2.24) is 10.2 Å². The lowest BCUT2D eigenvalue weighted by atomic mass is 9.91. The summed E-state index contributed by atoms with van der Waals surface area (Å²) >= 11 is 0. The van der Waals surface area contributed by atoms with Crippen molar-refractivity contribution in [2.45, 2.75) is 45.1 Å². The Labute approximate surface area is 113 Å². The zero-order valence-electron chi connectivity index (χ0n) is 12.1.